The topological polar surface area (TPSA) is 82.8 Å². The maximum atomic E-state index is 13.2. The molecule has 3 amide bonds. The van der Waals surface area contributed by atoms with Crippen LogP contribution in [0.25, 0.3) is 0 Å². The number of aryl methyl sites for hydroxylation is 1. The molecule has 2 N–H and O–H groups in total. The molecule has 138 valence electrons. The molecule has 0 aliphatic carbocycles. The van der Waals surface area contributed by atoms with Gasteiger partial charge in [-0.25, -0.2) is 9.69 Å². The van der Waals surface area contributed by atoms with Crippen LogP contribution in [-0.4, -0.2) is 22.6 Å². The number of hydrogen-bond donors (Lipinski definition) is 2. The number of phenols is 1. The maximum Gasteiger partial charge on any atom is 0.451 e. The summed E-state index contributed by atoms with van der Waals surface area (Å²) in [5.41, 5.74) is -1.44. The number of hydrogen-bond acceptors (Lipinski definition) is 4. The molecule has 1 saturated heterocycles. The summed E-state index contributed by atoms with van der Waals surface area (Å²) in [6.45, 7) is 2.73. The van der Waals surface area contributed by atoms with Crippen LogP contribution >= 0.6 is 0 Å². The second kappa shape index (κ2) is 5.79. The van der Waals surface area contributed by atoms with Gasteiger partial charge in [-0.05, 0) is 31.5 Å². The molecule has 2 heterocycles. The number of nitrogens with one attached hydrogen (secondary N) is 1. The lowest BCUT2D eigenvalue weighted by molar-refractivity contribution is -0.152. The number of phenolic OH excluding ortho intramolecular Hbond substituents is 1. The van der Waals surface area contributed by atoms with Gasteiger partial charge in [-0.2, -0.15) is 13.2 Å². The molecule has 1 aliphatic rings. The summed E-state index contributed by atoms with van der Waals surface area (Å²) in [6, 6.07) is 6.00. The fraction of sp³-hybridized carbons (Fsp3) is 0.294. The van der Waals surface area contributed by atoms with Crippen LogP contribution in [0.3, 0.4) is 0 Å². The zero-order valence-corrected chi connectivity index (χ0v) is 13.8. The molecule has 1 aromatic heterocycles. The fourth-order valence-corrected chi connectivity index (χ4v) is 2.92. The van der Waals surface area contributed by atoms with Crippen molar-refractivity contribution in [3.8, 4) is 5.75 Å². The summed E-state index contributed by atoms with van der Waals surface area (Å²) in [7, 11) is 0. The second-order valence-corrected chi connectivity index (χ2v) is 6.32. The van der Waals surface area contributed by atoms with E-state index in [1.165, 1.54) is 26.0 Å². The molecular weight excluding hydrogens is 353 g/mol. The number of carbonyl (C=O) groups is 2. The monoisotopic (exact) mass is 368 g/mol. The van der Waals surface area contributed by atoms with Crippen LogP contribution < -0.4 is 10.2 Å². The number of imide groups is 1. The molecule has 1 unspecified atom stereocenters. The molecular formula is C17H15F3N2O4. The van der Waals surface area contributed by atoms with E-state index in [0.29, 0.717) is 10.5 Å². The normalized spacial score (nSPS) is 20.6. The molecule has 3 rings (SSSR count). The lowest BCUT2D eigenvalue weighted by atomic mass is 9.92. The third-order valence-corrected chi connectivity index (χ3v) is 4.09. The van der Waals surface area contributed by atoms with E-state index in [1.54, 1.807) is 12.1 Å². The molecule has 9 heteroatoms. The fourth-order valence-electron chi connectivity index (χ4n) is 2.92. The third kappa shape index (κ3) is 3.00. The van der Waals surface area contributed by atoms with Crippen molar-refractivity contribution >= 4 is 17.6 Å². The first-order chi connectivity index (χ1) is 12.0. The third-order valence-electron chi connectivity index (χ3n) is 4.09. The lowest BCUT2D eigenvalue weighted by Gasteiger charge is -2.21. The quantitative estimate of drug-likeness (QED) is 0.814. The summed E-state index contributed by atoms with van der Waals surface area (Å²) in [4.78, 5) is 25.5. The van der Waals surface area contributed by atoms with Gasteiger partial charge in [0.2, 0.25) is 5.76 Å². The molecule has 26 heavy (non-hydrogen) atoms. The van der Waals surface area contributed by atoms with E-state index in [9.17, 15) is 27.9 Å². The van der Waals surface area contributed by atoms with E-state index in [-0.39, 0.29) is 17.9 Å². The first-order valence-electron chi connectivity index (χ1n) is 7.63. The number of anilines is 1. The van der Waals surface area contributed by atoms with Crippen molar-refractivity contribution in [1.29, 1.82) is 0 Å². The van der Waals surface area contributed by atoms with Crippen molar-refractivity contribution in [2.75, 3.05) is 4.90 Å². The van der Waals surface area contributed by atoms with Gasteiger partial charge in [-0.3, -0.25) is 4.79 Å². The second-order valence-electron chi connectivity index (χ2n) is 6.32. The number of furan rings is 1. The SMILES string of the molecule is Cc1cc(N2C(=O)NC(C)(Cc3ccc(O)cc3)C2=O)c(C(F)(F)F)o1. The standard InChI is InChI=1S/C17H15F3N2O4/c1-9-7-12(13(26-9)17(18,19)20)22-14(24)16(2,21-15(22)25)8-10-3-5-11(23)6-4-10/h3-7,23H,8H2,1-2H3,(H,21,25). The first kappa shape index (κ1) is 17.8. The zero-order valence-electron chi connectivity index (χ0n) is 13.8. The van der Waals surface area contributed by atoms with E-state index in [0.717, 1.165) is 6.07 Å². The van der Waals surface area contributed by atoms with E-state index in [4.69, 9.17) is 0 Å². The molecule has 1 aromatic carbocycles. The van der Waals surface area contributed by atoms with Crippen LogP contribution in [0.5, 0.6) is 5.75 Å². The first-order valence-corrected chi connectivity index (χ1v) is 7.63. The van der Waals surface area contributed by atoms with Gasteiger partial charge in [0.05, 0.1) is 0 Å². The highest BCUT2D eigenvalue weighted by atomic mass is 19.4. The average molecular weight is 368 g/mol. The number of carbonyl (C=O) groups excluding carboxylic acids is 2. The lowest BCUT2D eigenvalue weighted by Crippen LogP contribution is -2.46. The summed E-state index contributed by atoms with van der Waals surface area (Å²) in [5.74, 6) is -2.25. The van der Waals surface area contributed by atoms with Gasteiger partial charge >= 0.3 is 12.2 Å². The minimum Gasteiger partial charge on any atom is -0.508 e. The highest BCUT2D eigenvalue weighted by molar-refractivity contribution is 6.23. The Balaban J connectivity index is 1.96. The Morgan fingerprint density at radius 3 is 2.42 bits per heavy atom. The molecule has 6 nitrogen and oxygen atoms in total. The molecule has 1 aliphatic heterocycles. The molecule has 2 aromatic rings. The summed E-state index contributed by atoms with van der Waals surface area (Å²) in [6.07, 6.45) is -4.80. The zero-order chi connectivity index (χ0) is 19.3. The van der Waals surface area contributed by atoms with Crippen LogP contribution in [0.1, 0.15) is 24.0 Å². The Morgan fingerprint density at radius 1 is 1.23 bits per heavy atom. The van der Waals surface area contributed by atoms with Gasteiger partial charge in [0.1, 0.15) is 22.7 Å². The van der Waals surface area contributed by atoms with Gasteiger partial charge in [0.15, 0.2) is 0 Å². The van der Waals surface area contributed by atoms with E-state index < -0.39 is 35.1 Å². The molecule has 1 atom stereocenters. The van der Waals surface area contributed by atoms with Gasteiger partial charge in [-0.15, -0.1) is 0 Å². The molecule has 0 saturated carbocycles. The number of benzene rings is 1. The van der Waals surface area contributed by atoms with Crippen molar-refractivity contribution in [2.24, 2.45) is 0 Å². The van der Waals surface area contributed by atoms with Crippen molar-refractivity contribution in [2.45, 2.75) is 32.0 Å². The minimum absolute atomic E-state index is 0.0333. The predicted molar refractivity (Wildman–Crippen MR) is 84.7 cm³/mol. The van der Waals surface area contributed by atoms with Gasteiger partial charge in [-0.1, -0.05) is 12.1 Å². The molecule has 0 radical (unpaired) electrons. The Labute approximate surface area is 146 Å². The maximum absolute atomic E-state index is 13.2. The van der Waals surface area contributed by atoms with Gasteiger partial charge < -0.3 is 14.8 Å². The minimum atomic E-state index is -4.85. The van der Waals surface area contributed by atoms with Gasteiger partial charge in [0.25, 0.3) is 5.91 Å². The number of halogens is 3. The van der Waals surface area contributed by atoms with Crippen LogP contribution in [-0.2, 0) is 17.4 Å². The summed E-state index contributed by atoms with van der Waals surface area (Å²) in [5, 5.41) is 11.8. The highest BCUT2D eigenvalue weighted by Gasteiger charge is 2.52. The summed E-state index contributed by atoms with van der Waals surface area (Å²) < 4.78 is 44.1. The van der Waals surface area contributed by atoms with Crippen molar-refractivity contribution < 1.29 is 32.3 Å². The van der Waals surface area contributed by atoms with E-state index in [2.05, 4.69) is 9.73 Å². The number of aromatic hydroxyl groups is 1. The number of urea groups is 1. The Kier molecular flexibility index (Phi) is 3.97. The van der Waals surface area contributed by atoms with E-state index in [1.807, 2.05) is 0 Å². The van der Waals surface area contributed by atoms with Crippen LogP contribution in [0, 0.1) is 6.92 Å². The predicted octanol–water partition coefficient (Wildman–Crippen LogP) is 3.37. The number of alkyl halides is 3. The Bertz CT molecular complexity index is 873. The molecule has 1 fully saturated rings. The summed E-state index contributed by atoms with van der Waals surface area (Å²) >= 11 is 0. The molecule has 0 bridgehead atoms. The largest absolute Gasteiger partial charge is 0.508 e. The number of amides is 3. The van der Waals surface area contributed by atoms with Crippen molar-refractivity contribution in [3.05, 3.63) is 47.4 Å². The van der Waals surface area contributed by atoms with Crippen LogP contribution in [0.2, 0.25) is 0 Å². The van der Waals surface area contributed by atoms with Crippen LogP contribution in [0.4, 0.5) is 23.7 Å². The van der Waals surface area contributed by atoms with Crippen molar-refractivity contribution in [3.63, 3.8) is 0 Å². The molecule has 0 spiro atoms. The number of rotatable bonds is 3. The van der Waals surface area contributed by atoms with Crippen molar-refractivity contribution in [1.82, 2.24) is 5.32 Å². The average Bonchev–Trinajstić information content (AvgIpc) is 3.00. The highest BCUT2D eigenvalue weighted by Crippen LogP contribution is 2.41. The number of nitrogens with zero attached hydrogens (tertiary/aromatic N) is 1. The van der Waals surface area contributed by atoms with E-state index >= 15 is 0 Å². The van der Waals surface area contributed by atoms with Crippen LogP contribution in [0.15, 0.2) is 34.7 Å². The Hall–Kier alpha value is -2.97. The Morgan fingerprint density at radius 2 is 1.85 bits per heavy atom. The smallest absolute Gasteiger partial charge is 0.451 e. The van der Waals surface area contributed by atoms with Gasteiger partial charge in [0, 0.05) is 12.5 Å².